The number of thiazole rings is 1. The molecule has 2 unspecified atom stereocenters. The zero-order chi connectivity index (χ0) is 17.6. The summed E-state index contributed by atoms with van der Waals surface area (Å²) in [6.07, 6.45) is 4.72. The lowest BCUT2D eigenvalue weighted by molar-refractivity contribution is 0.0984. The zero-order valence-electron chi connectivity index (χ0n) is 14.9. The fraction of sp³-hybridized carbons (Fsp3) is 0.556. The molecule has 1 fully saturated rings. The number of likely N-dealkylation sites (tertiary alicyclic amines) is 1. The molecular weight excluding hydrogens is 336 g/mol. The predicted octanol–water partition coefficient (Wildman–Crippen LogP) is 4.06. The van der Waals surface area contributed by atoms with Crippen LogP contribution in [0.4, 0.5) is 0 Å². The second kappa shape index (κ2) is 6.46. The summed E-state index contributed by atoms with van der Waals surface area (Å²) in [5, 5.41) is 15.1. The van der Waals surface area contributed by atoms with Gasteiger partial charge in [0.15, 0.2) is 0 Å². The summed E-state index contributed by atoms with van der Waals surface area (Å²) in [6, 6.07) is 4.42. The van der Waals surface area contributed by atoms with Crippen LogP contribution in [0.1, 0.15) is 60.9 Å². The molecule has 6 nitrogen and oxygen atoms in total. The van der Waals surface area contributed by atoms with Crippen molar-refractivity contribution in [2.75, 3.05) is 6.54 Å². The summed E-state index contributed by atoms with van der Waals surface area (Å²) in [5.41, 5.74) is 0. The maximum atomic E-state index is 10.8. The van der Waals surface area contributed by atoms with Crippen LogP contribution in [-0.2, 0) is 0 Å². The smallest absolute Gasteiger partial charge is 0.230 e. The van der Waals surface area contributed by atoms with E-state index in [4.69, 9.17) is 4.42 Å². The highest BCUT2D eigenvalue weighted by molar-refractivity contribution is 7.17. The molecule has 1 aliphatic rings. The molecule has 0 bridgehead atoms. The van der Waals surface area contributed by atoms with E-state index in [1.807, 2.05) is 26.0 Å². The number of piperidine rings is 1. The highest BCUT2D eigenvalue weighted by Crippen LogP contribution is 2.43. The molecule has 1 saturated heterocycles. The Balaban J connectivity index is 1.84. The van der Waals surface area contributed by atoms with Gasteiger partial charge in [-0.25, -0.2) is 4.98 Å². The first-order valence-corrected chi connectivity index (χ1v) is 9.77. The molecule has 0 spiro atoms. The van der Waals surface area contributed by atoms with Crippen LogP contribution in [0.25, 0.3) is 4.96 Å². The van der Waals surface area contributed by atoms with Gasteiger partial charge in [0.05, 0.1) is 4.88 Å². The Morgan fingerprint density at radius 3 is 2.88 bits per heavy atom. The Kier molecular flexibility index (Phi) is 4.29. The van der Waals surface area contributed by atoms with Crippen molar-refractivity contribution in [1.29, 1.82) is 0 Å². The lowest BCUT2D eigenvalue weighted by atomic mass is 9.96. The van der Waals surface area contributed by atoms with Gasteiger partial charge in [-0.1, -0.05) is 24.7 Å². The van der Waals surface area contributed by atoms with Gasteiger partial charge >= 0.3 is 0 Å². The van der Waals surface area contributed by atoms with Crippen LogP contribution in [0.5, 0.6) is 5.88 Å². The first kappa shape index (κ1) is 16.6. The van der Waals surface area contributed by atoms with Crippen LogP contribution in [0.15, 0.2) is 16.5 Å². The number of furan rings is 1. The van der Waals surface area contributed by atoms with Gasteiger partial charge in [0.1, 0.15) is 23.4 Å². The zero-order valence-corrected chi connectivity index (χ0v) is 15.7. The molecule has 0 saturated carbocycles. The topological polar surface area (TPSA) is 66.8 Å². The molecule has 2 atom stereocenters. The Morgan fingerprint density at radius 1 is 1.36 bits per heavy atom. The van der Waals surface area contributed by atoms with Gasteiger partial charge in [-0.2, -0.15) is 4.52 Å². The summed E-state index contributed by atoms with van der Waals surface area (Å²) in [4.78, 5) is 8.50. The minimum absolute atomic E-state index is 0.0900. The van der Waals surface area contributed by atoms with Crippen LogP contribution in [0.3, 0.4) is 0 Å². The standard InChI is InChI=1S/C18H24N4O2S/c1-4-13-7-5-6-10-21(13)15(14-9-8-11(2)24-14)16-17(23)22-18(25-16)19-12(3)20-22/h8-9,13,15,23H,4-7,10H2,1-3H3. The van der Waals surface area contributed by atoms with E-state index in [9.17, 15) is 5.11 Å². The first-order valence-electron chi connectivity index (χ1n) is 8.95. The molecule has 4 heterocycles. The molecule has 3 aromatic heterocycles. The Bertz CT molecular complexity index is 881. The molecule has 0 amide bonds. The minimum Gasteiger partial charge on any atom is -0.492 e. The number of aromatic nitrogens is 3. The molecular formula is C18H24N4O2S. The normalized spacial score (nSPS) is 20.4. The maximum absolute atomic E-state index is 10.8. The van der Waals surface area contributed by atoms with Crippen molar-refractivity contribution < 1.29 is 9.52 Å². The third kappa shape index (κ3) is 2.85. The van der Waals surface area contributed by atoms with Crippen molar-refractivity contribution in [3.63, 3.8) is 0 Å². The Labute approximate surface area is 151 Å². The molecule has 4 rings (SSSR count). The van der Waals surface area contributed by atoms with Gasteiger partial charge in [-0.05, 0) is 51.8 Å². The molecule has 0 radical (unpaired) electrons. The van der Waals surface area contributed by atoms with E-state index in [0.717, 1.165) is 34.3 Å². The fourth-order valence-electron chi connectivity index (χ4n) is 3.87. The molecule has 7 heteroatoms. The first-order chi connectivity index (χ1) is 12.1. The molecule has 1 N–H and O–H groups in total. The summed E-state index contributed by atoms with van der Waals surface area (Å²) in [7, 11) is 0. The molecule has 1 aliphatic heterocycles. The van der Waals surface area contributed by atoms with Crippen LogP contribution in [0, 0.1) is 13.8 Å². The summed E-state index contributed by atoms with van der Waals surface area (Å²) < 4.78 is 7.55. The number of hydrogen-bond acceptors (Lipinski definition) is 6. The number of aryl methyl sites for hydroxylation is 2. The number of fused-ring (bicyclic) bond motifs is 1. The highest BCUT2D eigenvalue weighted by atomic mass is 32.1. The molecule has 3 aromatic rings. The summed E-state index contributed by atoms with van der Waals surface area (Å²) in [6.45, 7) is 7.04. The molecule has 25 heavy (non-hydrogen) atoms. The number of rotatable bonds is 4. The number of aromatic hydroxyl groups is 1. The van der Waals surface area contributed by atoms with E-state index < -0.39 is 0 Å². The van der Waals surface area contributed by atoms with Crippen molar-refractivity contribution >= 4 is 16.3 Å². The minimum atomic E-state index is -0.0900. The van der Waals surface area contributed by atoms with E-state index in [0.29, 0.717) is 11.9 Å². The molecule has 0 aromatic carbocycles. The second-order valence-corrected chi connectivity index (χ2v) is 7.80. The Morgan fingerprint density at radius 2 is 2.20 bits per heavy atom. The largest absolute Gasteiger partial charge is 0.492 e. The van der Waals surface area contributed by atoms with Crippen molar-refractivity contribution in [2.45, 2.75) is 58.5 Å². The monoisotopic (exact) mass is 360 g/mol. The van der Waals surface area contributed by atoms with Crippen LogP contribution < -0.4 is 0 Å². The van der Waals surface area contributed by atoms with Crippen molar-refractivity contribution in [3.05, 3.63) is 34.4 Å². The van der Waals surface area contributed by atoms with Crippen molar-refractivity contribution in [2.24, 2.45) is 0 Å². The van der Waals surface area contributed by atoms with Crippen LogP contribution >= 0.6 is 11.3 Å². The highest BCUT2D eigenvalue weighted by Gasteiger charge is 2.36. The maximum Gasteiger partial charge on any atom is 0.230 e. The lowest BCUT2D eigenvalue weighted by Gasteiger charge is -2.39. The fourth-order valence-corrected chi connectivity index (χ4v) is 5.00. The van der Waals surface area contributed by atoms with E-state index >= 15 is 0 Å². The van der Waals surface area contributed by atoms with E-state index in [1.54, 1.807) is 4.52 Å². The third-order valence-electron chi connectivity index (χ3n) is 5.06. The molecule has 134 valence electrons. The van der Waals surface area contributed by atoms with Gasteiger partial charge in [0.2, 0.25) is 10.8 Å². The quantitative estimate of drug-likeness (QED) is 0.760. The third-order valence-corrected chi connectivity index (χ3v) is 6.13. The number of hydrogen-bond donors (Lipinski definition) is 1. The predicted molar refractivity (Wildman–Crippen MR) is 97.2 cm³/mol. The van der Waals surface area contributed by atoms with E-state index in [-0.39, 0.29) is 11.9 Å². The average molecular weight is 360 g/mol. The summed E-state index contributed by atoms with van der Waals surface area (Å²) >= 11 is 1.50. The number of nitrogens with zero attached hydrogens (tertiary/aromatic N) is 4. The summed E-state index contributed by atoms with van der Waals surface area (Å²) in [5.74, 6) is 2.62. The van der Waals surface area contributed by atoms with Gasteiger partial charge in [-0.3, -0.25) is 4.90 Å². The second-order valence-electron chi connectivity index (χ2n) is 6.79. The SMILES string of the molecule is CCC1CCCCN1C(c1ccc(C)o1)c1sc2nc(C)nn2c1O. The van der Waals surface area contributed by atoms with Gasteiger partial charge in [-0.15, -0.1) is 5.10 Å². The van der Waals surface area contributed by atoms with Crippen LogP contribution in [0.2, 0.25) is 0 Å². The van der Waals surface area contributed by atoms with E-state index in [2.05, 4.69) is 21.9 Å². The van der Waals surface area contributed by atoms with Crippen molar-refractivity contribution in [3.8, 4) is 5.88 Å². The van der Waals surface area contributed by atoms with Crippen LogP contribution in [-0.4, -0.2) is 37.2 Å². The van der Waals surface area contributed by atoms with Gasteiger partial charge in [0, 0.05) is 6.04 Å². The van der Waals surface area contributed by atoms with Crippen molar-refractivity contribution in [1.82, 2.24) is 19.5 Å². The van der Waals surface area contributed by atoms with Gasteiger partial charge in [0.25, 0.3) is 0 Å². The van der Waals surface area contributed by atoms with E-state index in [1.165, 1.54) is 30.6 Å². The average Bonchev–Trinajstić information content (AvgIpc) is 3.26. The Hall–Kier alpha value is -1.86. The van der Waals surface area contributed by atoms with Gasteiger partial charge < -0.3 is 9.52 Å². The lowest BCUT2D eigenvalue weighted by Crippen LogP contribution is -2.41. The molecule has 0 aliphatic carbocycles.